The topological polar surface area (TPSA) is 83.0 Å². The Morgan fingerprint density at radius 2 is 1.98 bits per heavy atom. The van der Waals surface area contributed by atoms with E-state index in [1.54, 1.807) is 30.2 Å². The lowest BCUT2D eigenvalue weighted by Gasteiger charge is -2.33. The fraction of sp³-hybridized carbons (Fsp3) is 0.533. The minimum absolute atomic E-state index is 0.00966. The van der Waals surface area contributed by atoms with Crippen molar-refractivity contribution in [2.45, 2.75) is 77.3 Å². The monoisotopic (exact) mass is 547 g/mol. The Balaban J connectivity index is 1.44. The zero-order valence-corrected chi connectivity index (χ0v) is 23.1. The van der Waals surface area contributed by atoms with Gasteiger partial charge in [-0.25, -0.2) is 8.78 Å². The number of alkyl halides is 2. The summed E-state index contributed by atoms with van der Waals surface area (Å²) in [4.78, 5) is 16.7. The molecule has 4 heterocycles. The number of anilines is 2. The van der Waals surface area contributed by atoms with Gasteiger partial charge in [0, 0.05) is 73.2 Å². The molecule has 3 aliphatic rings. The number of hydrogen-bond acceptors (Lipinski definition) is 5. The first kappa shape index (κ1) is 26.5. The van der Waals surface area contributed by atoms with Crippen LogP contribution < -0.4 is 4.90 Å². The number of hydrogen-bond donors (Lipinski definition) is 0. The van der Waals surface area contributed by atoms with Crippen molar-refractivity contribution in [3.05, 3.63) is 46.9 Å². The minimum atomic E-state index is -2.64. The molecule has 1 aliphatic carbocycles. The molecule has 1 fully saturated rings. The van der Waals surface area contributed by atoms with Gasteiger partial charge >= 0.3 is 0 Å². The van der Waals surface area contributed by atoms with E-state index in [4.69, 9.17) is 5.10 Å². The maximum absolute atomic E-state index is 14.4. The molecular weight excluding hydrogens is 512 g/mol. The van der Waals surface area contributed by atoms with Crippen LogP contribution in [0.3, 0.4) is 0 Å². The molecule has 1 saturated carbocycles. The maximum Gasteiger partial charge on any atom is 0.264 e. The molecule has 3 aromatic rings. The van der Waals surface area contributed by atoms with Crippen LogP contribution in [0.15, 0.2) is 24.5 Å². The molecule has 0 radical (unpaired) electrons. The summed E-state index contributed by atoms with van der Waals surface area (Å²) in [6.45, 7) is 3.68. The van der Waals surface area contributed by atoms with Crippen LogP contribution in [0.2, 0.25) is 0 Å². The first-order valence-electron chi connectivity index (χ1n) is 14.4. The summed E-state index contributed by atoms with van der Waals surface area (Å²) in [7, 11) is 1.78. The summed E-state index contributed by atoms with van der Waals surface area (Å²) in [5.74, 6) is 0.982. The van der Waals surface area contributed by atoms with Crippen molar-refractivity contribution >= 4 is 17.4 Å². The largest absolute Gasteiger partial charge is 0.338 e. The second-order valence-corrected chi connectivity index (χ2v) is 11.3. The molecule has 0 saturated heterocycles. The standard InChI is InChI=1S/C30H35F2N7O/c1-3-28(40)37-12-10-26-25(18-37)30(35-39(26)22-8-6-19(15-33)7-9-22)38-11-4-5-20-13-23(21-16-34-36(2)17-21)24(29(31)32)14-27(20)38/h13-14,16-17,19,22,29H,3-12,18H2,1-2H3. The molecule has 2 aromatic heterocycles. The summed E-state index contributed by atoms with van der Waals surface area (Å²) in [5.41, 5.74) is 5.15. The third kappa shape index (κ3) is 4.65. The predicted molar refractivity (Wildman–Crippen MR) is 147 cm³/mol. The Morgan fingerprint density at radius 1 is 1.18 bits per heavy atom. The summed E-state index contributed by atoms with van der Waals surface area (Å²) in [5, 5.41) is 18.8. The molecular formula is C30H35F2N7O. The summed E-state index contributed by atoms with van der Waals surface area (Å²) >= 11 is 0. The number of nitriles is 1. The lowest BCUT2D eigenvalue weighted by molar-refractivity contribution is -0.131. The fourth-order valence-electron chi connectivity index (χ4n) is 6.69. The van der Waals surface area contributed by atoms with E-state index in [0.29, 0.717) is 37.2 Å². The zero-order valence-electron chi connectivity index (χ0n) is 23.1. The van der Waals surface area contributed by atoms with Crippen molar-refractivity contribution in [1.82, 2.24) is 24.5 Å². The number of halogens is 2. The second-order valence-electron chi connectivity index (χ2n) is 11.3. The molecule has 210 valence electrons. The Bertz CT molecular complexity index is 1460. The number of nitrogens with zero attached hydrogens (tertiary/aromatic N) is 7. The van der Waals surface area contributed by atoms with Crippen molar-refractivity contribution < 1.29 is 13.6 Å². The Kier molecular flexibility index (Phi) is 7.07. The average molecular weight is 548 g/mol. The van der Waals surface area contributed by atoms with Gasteiger partial charge < -0.3 is 9.80 Å². The maximum atomic E-state index is 14.4. The molecule has 0 N–H and O–H groups in total. The smallest absolute Gasteiger partial charge is 0.264 e. The van der Waals surface area contributed by atoms with Crippen molar-refractivity contribution in [1.29, 1.82) is 5.26 Å². The summed E-state index contributed by atoms with van der Waals surface area (Å²) < 4.78 is 32.7. The lowest BCUT2D eigenvalue weighted by atomic mass is 9.87. The van der Waals surface area contributed by atoms with Gasteiger partial charge in [-0.1, -0.05) is 6.92 Å². The molecule has 0 spiro atoms. The number of aryl methyl sites for hydroxylation is 2. The second kappa shape index (κ2) is 10.7. The van der Waals surface area contributed by atoms with E-state index in [9.17, 15) is 18.8 Å². The van der Waals surface area contributed by atoms with Crippen LogP contribution in [0.25, 0.3) is 11.1 Å². The Hall–Kier alpha value is -3.74. The zero-order chi connectivity index (χ0) is 28.0. The van der Waals surface area contributed by atoms with Crippen molar-refractivity contribution in [2.75, 3.05) is 18.0 Å². The highest BCUT2D eigenvalue weighted by Gasteiger charge is 2.35. The van der Waals surface area contributed by atoms with Crippen LogP contribution in [0, 0.1) is 17.2 Å². The van der Waals surface area contributed by atoms with Crippen molar-refractivity contribution in [3.8, 4) is 17.2 Å². The van der Waals surface area contributed by atoms with Gasteiger partial charge in [-0.15, -0.1) is 0 Å². The van der Waals surface area contributed by atoms with Gasteiger partial charge in [-0.05, 0) is 61.8 Å². The first-order chi connectivity index (χ1) is 19.4. The van der Waals surface area contributed by atoms with Crippen molar-refractivity contribution in [2.24, 2.45) is 13.0 Å². The van der Waals surface area contributed by atoms with E-state index in [1.165, 1.54) is 0 Å². The summed E-state index contributed by atoms with van der Waals surface area (Å²) in [6.07, 6.45) is 7.09. The molecule has 8 nitrogen and oxygen atoms in total. The molecule has 1 aromatic carbocycles. The van der Waals surface area contributed by atoms with Gasteiger partial charge in [0.1, 0.15) is 0 Å². The third-order valence-corrected chi connectivity index (χ3v) is 8.82. The molecule has 40 heavy (non-hydrogen) atoms. The van der Waals surface area contributed by atoms with Crippen LogP contribution in [0.4, 0.5) is 20.3 Å². The number of amides is 1. The van der Waals surface area contributed by atoms with Crippen LogP contribution in [0.5, 0.6) is 0 Å². The van der Waals surface area contributed by atoms with E-state index in [0.717, 1.165) is 73.3 Å². The normalized spacial score (nSPS) is 20.8. The minimum Gasteiger partial charge on any atom is -0.338 e. The van der Waals surface area contributed by atoms with Gasteiger partial charge in [0.2, 0.25) is 5.91 Å². The molecule has 2 aliphatic heterocycles. The van der Waals surface area contributed by atoms with Crippen LogP contribution in [0.1, 0.15) is 80.3 Å². The van der Waals surface area contributed by atoms with E-state index in [1.807, 2.05) is 17.9 Å². The van der Waals surface area contributed by atoms with E-state index < -0.39 is 6.43 Å². The van der Waals surface area contributed by atoms with E-state index in [2.05, 4.69) is 20.7 Å². The lowest BCUT2D eigenvalue weighted by Crippen LogP contribution is -2.37. The third-order valence-electron chi connectivity index (χ3n) is 8.82. The number of aromatic nitrogens is 4. The van der Waals surface area contributed by atoms with Gasteiger partial charge in [0.15, 0.2) is 5.82 Å². The molecule has 0 atom stereocenters. The quantitative estimate of drug-likeness (QED) is 0.400. The SMILES string of the molecule is CCC(=O)N1CCc2c(c(N3CCCc4cc(-c5cnn(C)c5)c(C(F)F)cc43)nn2C2CCC(C#N)CC2)C1. The van der Waals surface area contributed by atoms with Crippen LogP contribution in [-0.2, 0) is 31.2 Å². The highest BCUT2D eigenvalue weighted by molar-refractivity contribution is 5.78. The highest BCUT2D eigenvalue weighted by atomic mass is 19.3. The molecule has 1 amide bonds. The summed E-state index contributed by atoms with van der Waals surface area (Å²) in [6, 6.07) is 6.16. The predicted octanol–water partition coefficient (Wildman–Crippen LogP) is 5.86. The van der Waals surface area contributed by atoms with E-state index in [-0.39, 0.29) is 23.4 Å². The molecule has 10 heteroatoms. The van der Waals surface area contributed by atoms with Gasteiger partial charge in [-0.2, -0.15) is 15.5 Å². The molecule has 0 bridgehead atoms. The van der Waals surface area contributed by atoms with Gasteiger partial charge in [-0.3, -0.25) is 14.2 Å². The van der Waals surface area contributed by atoms with E-state index >= 15 is 0 Å². The van der Waals surface area contributed by atoms with Crippen LogP contribution in [-0.4, -0.2) is 43.5 Å². The number of benzene rings is 1. The number of fused-ring (bicyclic) bond motifs is 2. The number of carbonyl (C=O) groups excluding carboxylic acids is 1. The number of rotatable bonds is 5. The van der Waals surface area contributed by atoms with Crippen LogP contribution >= 0.6 is 0 Å². The van der Waals surface area contributed by atoms with Crippen molar-refractivity contribution in [3.63, 3.8) is 0 Å². The Morgan fingerprint density at radius 3 is 2.65 bits per heavy atom. The average Bonchev–Trinajstić information content (AvgIpc) is 3.59. The van der Waals surface area contributed by atoms with Gasteiger partial charge in [0.25, 0.3) is 6.43 Å². The van der Waals surface area contributed by atoms with Gasteiger partial charge in [0.05, 0.1) is 24.9 Å². The molecule has 6 rings (SSSR count). The highest BCUT2D eigenvalue weighted by Crippen LogP contribution is 2.44. The number of carbonyl (C=O) groups is 1. The first-order valence-corrected chi connectivity index (χ1v) is 14.4. The Labute approximate surface area is 233 Å². The fourth-order valence-corrected chi connectivity index (χ4v) is 6.69. The molecule has 0 unspecified atom stereocenters.